The Morgan fingerprint density at radius 3 is 2.24 bits per heavy atom. The summed E-state index contributed by atoms with van der Waals surface area (Å²) >= 11 is 0. The second-order valence-corrected chi connectivity index (χ2v) is 11.2. The van der Waals surface area contributed by atoms with Crippen LogP contribution >= 0.6 is 0 Å². The highest BCUT2D eigenvalue weighted by atomic mass is 16.2. The number of aromatic nitrogens is 2. The minimum atomic E-state index is -0.978. The second-order valence-electron chi connectivity index (χ2n) is 11.2. The Hall–Kier alpha value is -3.28. The average molecular weight is 525 g/mol. The molecule has 2 fully saturated rings. The molecule has 206 valence electrons. The molecule has 0 aliphatic carbocycles. The van der Waals surface area contributed by atoms with Crippen molar-refractivity contribution in [2.45, 2.75) is 70.7 Å². The van der Waals surface area contributed by atoms with Gasteiger partial charge in [-0.3, -0.25) is 19.6 Å². The zero-order valence-corrected chi connectivity index (χ0v) is 22.8. The van der Waals surface area contributed by atoms with Gasteiger partial charge in [-0.25, -0.2) is 9.59 Å². The molecule has 3 amide bonds. The number of likely N-dealkylation sites (tertiary alicyclic amines) is 1. The van der Waals surface area contributed by atoms with E-state index >= 15 is 0 Å². The van der Waals surface area contributed by atoms with E-state index in [0.29, 0.717) is 24.8 Å². The first kappa shape index (κ1) is 27.7. The van der Waals surface area contributed by atoms with Crippen LogP contribution in [0.2, 0.25) is 0 Å². The topological polar surface area (TPSA) is 143 Å². The summed E-state index contributed by atoms with van der Waals surface area (Å²) in [6.45, 7) is 10.7. The summed E-state index contributed by atoms with van der Waals surface area (Å²) in [4.78, 5) is 48.3. The van der Waals surface area contributed by atoms with Crippen LogP contribution in [0.5, 0.6) is 0 Å². The van der Waals surface area contributed by atoms with E-state index in [1.54, 1.807) is 35.9 Å². The van der Waals surface area contributed by atoms with Crippen molar-refractivity contribution in [1.82, 2.24) is 24.3 Å². The largest absolute Gasteiger partial charge is 0.354 e. The van der Waals surface area contributed by atoms with Gasteiger partial charge in [-0.2, -0.15) is 4.98 Å². The van der Waals surface area contributed by atoms with Crippen LogP contribution in [0.3, 0.4) is 0 Å². The zero-order chi connectivity index (χ0) is 27.6. The van der Waals surface area contributed by atoms with Crippen LogP contribution in [-0.2, 0) is 11.3 Å². The molecule has 38 heavy (non-hydrogen) atoms. The first-order valence-corrected chi connectivity index (χ1v) is 13.3. The molecular weight excluding hydrogens is 484 g/mol. The fraction of sp³-hybridized carbons (Fsp3) is 0.556. The SMILES string of the molecule is C[C@@H]1CN(C(=O)C(C)(C)N)[C@@H](C)CN1C(=O)Nc1ccn(-c2ccc(CN3CCC(N)CC3)cc2)c(=O)n1. The summed E-state index contributed by atoms with van der Waals surface area (Å²) < 4.78 is 1.45. The Balaban J connectivity index is 1.37. The van der Waals surface area contributed by atoms with Crippen molar-refractivity contribution in [2.24, 2.45) is 11.5 Å². The molecule has 0 unspecified atom stereocenters. The van der Waals surface area contributed by atoms with Gasteiger partial charge in [0, 0.05) is 44.0 Å². The highest BCUT2D eigenvalue weighted by Gasteiger charge is 2.38. The first-order chi connectivity index (χ1) is 17.9. The van der Waals surface area contributed by atoms with Gasteiger partial charge in [-0.05, 0) is 77.4 Å². The van der Waals surface area contributed by atoms with Crippen LogP contribution in [0.4, 0.5) is 10.6 Å². The number of urea groups is 1. The molecule has 11 nitrogen and oxygen atoms in total. The molecule has 2 aliphatic heterocycles. The highest BCUT2D eigenvalue weighted by molar-refractivity contribution is 5.89. The normalized spacial score (nSPS) is 21.4. The molecular formula is C27H40N8O3. The van der Waals surface area contributed by atoms with Gasteiger partial charge in [0.1, 0.15) is 5.82 Å². The van der Waals surface area contributed by atoms with Crippen molar-refractivity contribution in [3.05, 3.63) is 52.6 Å². The lowest BCUT2D eigenvalue weighted by Crippen LogP contribution is -2.64. The van der Waals surface area contributed by atoms with Gasteiger partial charge in [0.25, 0.3) is 0 Å². The van der Waals surface area contributed by atoms with Crippen molar-refractivity contribution in [1.29, 1.82) is 0 Å². The highest BCUT2D eigenvalue weighted by Crippen LogP contribution is 2.20. The van der Waals surface area contributed by atoms with Gasteiger partial charge < -0.3 is 21.3 Å². The number of carbonyl (C=O) groups excluding carboxylic acids is 2. The summed E-state index contributed by atoms with van der Waals surface area (Å²) in [5, 5.41) is 2.73. The molecule has 3 heterocycles. The van der Waals surface area contributed by atoms with Gasteiger partial charge in [-0.1, -0.05) is 12.1 Å². The van der Waals surface area contributed by atoms with Gasteiger partial charge in [0.05, 0.1) is 11.2 Å². The molecule has 2 aromatic rings. The molecule has 2 atom stereocenters. The number of benzene rings is 1. The third kappa shape index (κ3) is 6.40. The summed E-state index contributed by atoms with van der Waals surface area (Å²) in [5.74, 6) is 0.0316. The van der Waals surface area contributed by atoms with E-state index in [0.717, 1.165) is 32.5 Å². The van der Waals surface area contributed by atoms with Gasteiger partial charge in [-0.15, -0.1) is 0 Å². The number of hydrogen-bond acceptors (Lipinski definition) is 7. The average Bonchev–Trinajstić information content (AvgIpc) is 2.86. The molecule has 1 aromatic carbocycles. The van der Waals surface area contributed by atoms with E-state index in [1.165, 1.54) is 10.1 Å². The maximum Gasteiger partial charge on any atom is 0.354 e. The molecule has 1 aromatic heterocycles. The molecule has 4 rings (SSSR count). The molecule has 0 radical (unpaired) electrons. The number of rotatable bonds is 5. The maximum atomic E-state index is 13.0. The lowest BCUT2D eigenvalue weighted by molar-refractivity contribution is -0.141. The lowest BCUT2D eigenvalue weighted by atomic mass is 10.0. The van der Waals surface area contributed by atoms with Crippen molar-refractivity contribution >= 4 is 17.8 Å². The smallest absolute Gasteiger partial charge is 0.335 e. The van der Waals surface area contributed by atoms with E-state index in [4.69, 9.17) is 11.5 Å². The Morgan fingerprint density at radius 2 is 1.63 bits per heavy atom. The summed E-state index contributed by atoms with van der Waals surface area (Å²) in [6.07, 6.45) is 3.64. The van der Waals surface area contributed by atoms with Gasteiger partial charge in [0.2, 0.25) is 5.91 Å². The van der Waals surface area contributed by atoms with Crippen molar-refractivity contribution in [3.8, 4) is 5.69 Å². The van der Waals surface area contributed by atoms with Crippen molar-refractivity contribution in [2.75, 3.05) is 31.5 Å². The number of nitrogens with one attached hydrogen (secondary N) is 1. The van der Waals surface area contributed by atoms with Crippen LogP contribution in [0.15, 0.2) is 41.3 Å². The van der Waals surface area contributed by atoms with E-state index < -0.39 is 11.2 Å². The number of hydrogen-bond donors (Lipinski definition) is 3. The van der Waals surface area contributed by atoms with Gasteiger partial charge >= 0.3 is 11.7 Å². The lowest BCUT2D eigenvalue weighted by Gasteiger charge is -2.45. The number of piperazine rings is 1. The molecule has 0 saturated carbocycles. The molecule has 11 heteroatoms. The second kappa shape index (κ2) is 11.2. The minimum absolute atomic E-state index is 0.147. The fourth-order valence-corrected chi connectivity index (χ4v) is 5.04. The number of nitrogens with zero attached hydrogens (tertiary/aromatic N) is 5. The molecule has 0 bridgehead atoms. The molecule has 5 N–H and O–H groups in total. The summed E-state index contributed by atoms with van der Waals surface area (Å²) in [6, 6.07) is 8.97. The fourth-order valence-electron chi connectivity index (χ4n) is 5.04. The van der Waals surface area contributed by atoms with Gasteiger partial charge in [0.15, 0.2) is 0 Å². The quantitative estimate of drug-likeness (QED) is 0.536. The van der Waals surface area contributed by atoms with E-state index in [-0.39, 0.29) is 29.8 Å². The minimum Gasteiger partial charge on any atom is -0.335 e. The number of nitrogens with two attached hydrogens (primary N) is 2. The predicted octanol–water partition coefficient (Wildman–Crippen LogP) is 1.35. The van der Waals surface area contributed by atoms with E-state index in [2.05, 4.69) is 15.2 Å². The molecule has 0 spiro atoms. The van der Waals surface area contributed by atoms with Crippen LogP contribution in [0.25, 0.3) is 5.69 Å². The predicted molar refractivity (Wildman–Crippen MR) is 147 cm³/mol. The Morgan fingerprint density at radius 1 is 1.03 bits per heavy atom. The zero-order valence-electron chi connectivity index (χ0n) is 22.8. The summed E-state index contributed by atoms with van der Waals surface area (Å²) in [5.41, 5.74) is 12.4. The Bertz CT molecular complexity index is 1200. The molecule has 2 saturated heterocycles. The standard InChI is InChI=1S/C27H40N8O3/c1-18-16-35(19(2)15-34(18)24(36)27(3,4)29)26(38)31-23-11-14-33(25(37)30-23)22-7-5-20(6-8-22)17-32-12-9-21(28)10-13-32/h5-8,11,14,18-19,21H,9-10,12-13,15-17,28-29H2,1-4H3,(H,30,31,37,38)/t18-,19+/m0/s1. The van der Waals surface area contributed by atoms with Crippen molar-refractivity contribution < 1.29 is 9.59 Å². The van der Waals surface area contributed by atoms with E-state index in [9.17, 15) is 14.4 Å². The van der Waals surface area contributed by atoms with Crippen LogP contribution in [-0.4, -0.2) is 86.0 Å². The summed E-state index contributed by atoms with van der Waals surface area (Å²) in [7, 11) is 0. The molecule has 2 aliphatic rings. The van der Waals surface area contributed by atoms with Crippen LogP contribution in [0.1, 0.15) is 46.1 Å². The number of carbonyl (C=O) groups is 2. The first-order valence-electron chi connectivity index (χ1n) is 13.3. The van der Waals surface area contributed by atoms with Crippen LogP contribution < -0.4 is 22.5 Å². The number of anilines is 1. The van der Waals surface area contributed by atoms with E-state index in [1.807, 2.05) is 38.1 Å². The maximum absolute atomic E-state index is 13.0. The Kier molecular flexibility index (Phi) is 8.19. The Labute approximate surface area is 223 Å². The number of piperidine rings is 1. The van der Waals surface area contributed by atoms with Crippen LogP contribution in [0, 0.1) is 0 Å². The third-order valence-corrected chi connectivity index (χ3v) is 7.35. The van der Waals surface area contributed by atoms with Crippen molar-refractivity contribution in [3.63, 3.8) is 0 Å². The monoisotopic (exact) mass is 524 g/mol. The number of amides is 3. The third-order valence-electron chi connectivity index (χ3n) is 7.35.